The summed E-state index contributed by atoms with van der Waals surface area (Å²) < 4.78 is 25.4. The van der Waals surface area contributed by atoms with E-state index in [0.717, 1.165) is 17.4 Å². The summed E-state index contributed by atoms with van der Waals surface area (Å²) in [6.45, 7) is 8.20. The highest BCUT2D eigenvalue weighted by atomic mass is 32.2. The Morgan fingerprint density at radius 1 is 0.927 bits per heavy atom. The van der Waals surface area contributed by atoms with Crippen LogP contribution in [0.1, 0.15) is 62.1 Å². The Bertz CT molecular complexity index is 1460. The molecule has 2 atom stereocenters. The van der Waals surface area contributed by atoms with Gasteiger partial charge in [0, 0.05) is 17.6 Å². The van der Waals surface area contributed by atoms with Crippen molar-refractivity contribution in [2.45, 2.75) is 58.2 Å². The number of carbonyl (C=O) groups is 1. The number of aromatic hydroxyl groups is 2. The number of phenols is 2. The van der Waals surface area contributed by atoms with Crippen LogP contribution < -0.4 is 15.4 Å². The van der Waals surface area contributed by atoms with Gasteiger partial charge in [-0.2, -0.15) is 0 Å². The Hall–Kier alpha value is -3.60. The van der Waals surface area contributed by atoms with Crippen molar-refractivity contribution in [3.8, 4) is 11.5 Å². The summed E-state index contributed by atoms with van der Waals surface area (Å²) in [5, 5.41) is 37.4. The van der Waals surface area contributed by atoms with E-state index in [1.165, 1.54) is 12.1 Å². The van der Waals surface area contributed by atoms with Crippen LogP contribution in [0.15, 0.2) is 66.7 Å². The van der Waals surface area contributed by atoms with Crippen molar-refractivity contribution >= 4 is 21.6 Å². The first-order valence-corrected chi connectivity index (χ1v) is 15.4. The van der Waals surface area contributed by atoms with Gasteiger partial charge < -0.3 is 26.0 Å². The number of anilines is 1. The SMILES string of the molecule is CC(C)C(NC(=O)Cc1cccc(CC(C)(C)NC[C@H](O)c2ccc(O)c(NS(C)(=O)=O)c2)c1)c1ccccc1O. The maximum atomic E-state index is 13.0. The molecule has 0 aliphatic heterocycles. The predicted octanol–water partition coefficient (Wildman–Crippen LogP) is 4.17. The number of hydrogen-bond acceptors (Lipinski definition) is 7. The van der Waals surface area contributed by atoms with Gasteiger partial charge in [-0.15, -0.1) is 0 Å². The Balaban J connectivity index is 1.61. The number of para-hydroxylation sites is 1. The molecule has 10 heteroatoms. The first-order valence-electron chi connectivity index (χ1n) is 13.5. The summed E-state index contributed by atoms with van der Waals surface area (Å²) in [7, 11) is -3.59. The predicted molar refractivity (Wildman–Crippen MR) is 161 cm³/mol. The fourth-order valence-electron chi connectivity index (χ4n) is 4.72. The van der Waals surface area contributed by atoms with Crippen LogP contribution in [0, 0.1) is 5.92 Å². The van der Waals surface area contributed by atoms with Crippen LogP contribution in [0.5, 0.6) is 11.5 Å². The molecule has 0 aliphatic carbocycles. The molecule has 6 N–H and O–H groups in total. The van der Waals surface area contributed by atoms with Crippen LogP contribution >= 0.6 is 0 Å². The summed E-state index contributed by atoms with van der Waals surface area (Å²) in [4.78, 5) is 13.0. The van der Waals surface area contributed by atoms with E-state index in [1.807, 2.05) is 64.1 Å². The van der Waals surface area contributed by atoms with Crippen LogP contribution in [0.4, 0.5) is 5.69 Å². The molecular formula is C31H41N3O6S. The van der Waals surface area contributed by atoms with Crippen molar-refractivity contribution in [1.29, 1.82) is 0 Å². The Labute approximate surface area is 242 Å². The molecule has 1 amide bonds. The standard InChI is InChI=1S/C31H41N3O6S/c1-20(2)30(24-11-6-7-12-26(24)35)33-29(38)16-21-9-8-10-22(15-21)18-31(3,4)32-19-28(37)23-13-14-27(36)25(17-23)34-41(5,39)40/h6-15,17,20,28,30,32,34-37H,16,18-19H2,1-5H3,(H,33,38)/t28-,30?/m0/s1. The zero-order valence-corrected chi connectivity index (χ0v) is 25.0. The fourth-order valence-corrected chi connectivity index (χ4v) is 5.28. The number of hydrogen-bond donors (Lipinski definition) is 6. The number of amides is 1. The Morgan fingerprint density at radius 3 is 2.27 bits per heavy atom. The van der Waals surface area contributed by atoms with Gasteiger partial charge in [-0.25, -0.2) is 8.42 Å². The van der Waals surface area contributed by atoms with Crippen molar-refractivity contribution in [3.63, 3.8) is 0 Å². The lowest BCUT2D eigenvalue weighted by Gasteiger charge is -2.28. The molecule has 222 valence electrons. The van der Waals surface area contributed by atoms with E-state index in [1.54, 1.807) is 18.2 Å². The number of sulfonamides is 1. The third kappa shape index (κ3) is 9.77. The van der Waals surface area contributed by atoms with Crippen LogP contribution in [0.25, 0.3) is 0 Å². The van der Waals surface area contributed by atoms with Crippen molar-refractivity contribution in [3.05, 3.63) is 89.0 Å². The molecule has 0 heterocycles. The van der Waals surface area contributed by atoms with Crippen LogP contribution in [0.3, 0.4) is 0 Å². The number of aliphatic hydroxyl groups is 1. The first-order chi connectivity index (χ1) is 19.1. The quantitative estimate of drug-likeness (QED) is 0.166. The molecule has 1 unspecified atom stereocenters. The molecule has 3 aromatic rings. The van der Waals surface area contributed by atoms with E-state index in [2.05, 4.69) is 15.4 Å². The second kappa shape index (κ2) is 13.4. The maximum Gasteiger partial charge on any atom is 0.229 e. The fraction of sp³-hybridized carbons (Fsp3) is 0.387. The molecule has 0 aromatic heterocycles. The molecule has 0 fully saturated rings. The molecule has 0 saturated carbocycles. The molecule has 3 aromatic carbocycles. The zero-order chi connectivity index (χ0) is 30.4. The molecule has 0 aliphatic rings. The number of rotatable bonds is 13. The van der Waals surface area contributed by atoms with Gasteiger partial charge in [-0.3, -0.25) is 9.52 Å². The van der Waals surface area contributed by atoms with Gasteiger partial charge in [0.1, 0.15) is 11.5 Å². The van der Waals surface area contributed by atoms with E-state index in [-0.39, 0.29) is 48.0 Å². The molecule has 41 heavy (non-hydrogen) atoms. The highest BCUT2D eigenvalue weighted by Gasteiger charge is 2.23. The minimum Gasteiger partial charge on any atom is -0.508 e. The van der Waals surface area contributed by atoms with E-state index >= 15 is 0 Å². The second-order valence-electron chi connectivity index (χ2n) is 11.5. The number of β-amino-alcohol motifs (C(OH)–C–C–N with tert-alkyl or cyclic N) is 1. The van der Waals surface area contributed by atoms with Gasteiger partial charge in [0.25, 0.3) is 0 Å². The first kappa shape index (κ1) is 31.9. The summed E-state index contributed by atoms with van der Waals surface area (Å²) in [5.41, 5.74) is 2.62. The normalized spacial score (nSPS) is 13.5. The third-order valence-corrected chi connectivity index (χ3v) is 7.32. The third-order valence-electron chi connectivity index (χ3n) is 6.73. The van der Waals surface area contributed by atoms with E-state index in [9.17, 15) is 28.5 Å². The van der Waals surface area contributed by atoms with Crippen molar-refractivity contribution in [1.82, 2.24) is 10.6 Å². The number of nitrogens with one attached hydrogen (secondary N) is 3. The Morgan fingerprint density at radius 2 is 1.61 bits per heavy atom. The van der Waals surface area contributed by atoms with Gasteiger partial charge in [0.15, 0.2) is 0 Å². The summed E-state index contributed by atoms with van der Waals surface area (Å²) in [5.74, 6) is -0.121. The molecule has 3 rings (SSSR count). The lowest BCUT2D eigenvalue weighted by atomic mass is 9.92. The van der Waals surface area contributed by atoms with Crippen molar-refractivity contribution in [2.24, 2.45) is 5.92 Å². The lowest BCUT2D eigenvalue weighted by Crippen LogP contribution is -2.43. The van der Waals surface area contributed by atoms with E-state index < -0.39 is 21.7 Å². The van der Waals surface area contributed by atoms with Crippen molar-refractivity contribution < 1.29 is 28.5 Å². The number of aliphatic hydroxyl groups excluding tert-OH is 1. The molecule has 9 nitrogen and oxygen atoms in total. The molecule has 0 radical (unpaired) electrons. The smallest absolute Gasteiger partial charge is 0.229 e. The summed E-state index contributed by atoms with van der Waals surface area (Å²) >= 11 is 0. The zero-order valence-electron chi connectivity index (χ0n) is 24.2. The Kier molecular flexibility index (Phi) is 10.4. The van der Waals surface area contributed by atoms with Crippen LogP contribution in [-0.4, -0.2) is 48.0 Å². The largest absolute Gasteiger partial charge is 0.508 e. The monoisotopic (exact) mass is 583 g/mol. The summed E-state index contributed by atoms with van der Waals surface area (Å²) in [6.07, 6.45) is 0.864. The lowest BCUT2D eigenvalue weighted by molar-refractivity contribution is -0.121. The summed E-state index contributed by atoms with van der Waals surface area (Å²) in [6, 6.07) is 18.8. The van der Waals surface area contributed by atoms with E-state index in [0.29, 0.717) is 17.5 Å². The average molecular weight is 584 g/mol. The number of carbonyl (C=O) groups excluding carboxylic acids is 1. The minimum atomic E-state index is -3.59. The van der Waals surface area contributed by atoms with Gasteiger partial charge in [-0.05, 0) is 61.1 Å². The highest BCUT2D eigenvalue weighted by molar-refractivity contribution is 7.92. The van der Waals surface area contributed by atoms with Gasteiger partial charge in [0.05, 0.1) is 30.5 Å². The molecular weight excluding hydrogens is 542 g/mol. The van der Waals surface area contributed by atoms with Crippen LogP contribution in [-0.2, 0) is 27.7 Å². The average Bonchev–Trinajstić information content (AvgIpc) is 2.87. The van der Waals surface area contributed by atoms with Crippen LogP contribution in [0.2, 0.25) is 0 Å². The number of phenolic OH excluding ortho intramolecular Hbond substituents is 2. The molecule has 0 spiro atoms. The topological polar surface area (TPSA) is 148 Å². The van der Waals surface area contributed by atoms with Gasteiger partial charge in [-0.1, -0.05) is 62.4 Å². The molecule has 0 saturated heterocycles. The highest BCUT2D eigenvalue weighted by Crippen LogP contribution is 2.30. The second-order valence-corrected chi connectivity index (χ2v) is 13.2. The van der Waals surface area contributed by atoms with Gasteiger partial charge >= 0.3 is 0 Å². The molecule has 0 bridgehead atoms. The maximum absolute atomic E-state index is 13.0. The van der Waals surface area contributed by atoms with Gasteiger partial charge in [0.2, 0.25) is 15.9 Å². The van der Waals surface area contributed by atoms with Crippen molar-refractivity contribution in [2.75, 3.05) is 17.5 Å². The van der Waals surface area contributed by atoms with E-state index in [4.69, 9.17) is 0 Å². The number of benzene rings is 3. The minimum absolute atomic E-state index is 0.00412.